The molecule has 1 amide bonds. The maximum Gasteiger partial charge on any atom is 0.330 e. The van der Waals surface area contributed by atoms with E-state index in [9.17, 15) is 14.4 Å². The summed E-state index contributed by atoms with van der Waals surface area (Å²) in [7, 11) is 0. The van der Waals surface area contributed by atoms with Gasteiger partial charge in [-0.3, -0.25) is 24.0 Å². The van der Waals surface area contributed by atoms with Crippen molar-refractivity contribution >= 4 is 23.0 Å². The van der Waals surface area contributed by atoms with Crippen molar-refractivity contribution in [3.05, 3.63) is 62.8 Å². The lowest BCUT2D eigenvalue weighted by atomic mass is 9.99. The summed E-state index contributed by atoms with van der Waals surface area (Å²) in [4.78, 5) is 45.1. The van der Waals surface area contributed by atoms with E-state index in [0.29, 0.717) is 13.1 Å². The Balaban J connectivity index is 1.58. The van der Waals surface area contributed by atoms with Gasteiger partial charge in [-0.25, -0.2) is 4.79 Å². The first-order valence-electron chi connectivity index (χ1n) is 12.4. The number of rotatable bonds is 8. The molecule has 1 saturated carbocycles. The van der Waals surface area contributed by atoms with Crippen molar-refractivity contribution in [3.63, 3.8) is 0 Å². The molecule has 8 nitrogen and oxygen atoms in total. The van der Waals surface area contributed by atoms with Gasteiger partial charge in [-0.1, -0.05) is 62.6 Å². The first-order valence-corrected chi connectivity index (χ1v) is 12.4. The normalized spacial score (nSPS) is 17.0. The number of benzene rings is 1. The van der Waals surface area contributed by atoms with Crippen LogP contribution in [0.25, 0.3) is 5.57 Å². The molecule has 1 aliphatic heterocycles. The van der Waals surface area contributed by atoms with Crippen LogP contribution >= 0.6 is 0 Å². The maximum atomic E-state index is 13.6. The number of nitrogens with one attached hydrogen (secondary N) is 1. The third kappa shape index (κ3) is 5.17. The van der Waals surface area contributed by atoms with Crippen LogP contribution in [-0.2, 0) is 11.3 Å². The molecule has 1 fully saturated rings. The molecule has 0 bridgehead atoms. The third-order valence-electron chi connectivity index (χ3n) is 6.95. The molecule has 182 valence electrons. The Kier molecular flexibility index (Phi) is 7.67. The summed E-state index contributed by atoms with van der Waals surface area (Å²) in [5, 5.41) is 0. The molecule has 34 heavy (non-hydrogen) atoms. The fraction of sp³-hybridized carbons (Fsp3) is 0.500. The molecule has 0 unspecified atom stereocenters. The lowest BCUT2D eigenvalue weighted by Crippen LogP contribution is -2.49. The molecule has 3 N–H and O–H groups in total. The van der Waals surface area contributed by atoms with Crippen LogP contribution in [0.2, 0.25) is 0 Å². The molecular weight excluding hydrogens is 430 g/mol. The Hall–Kier alpha value is -3.13. The van der Waals surface area contributed by atoms with Gasteiger partial charge in [-0.2, -0.15) is 0 Å². The van der Waals surface area contributed by atoms with E-state index in [1.54, 1.807) is 4.90 Å². The van der Waals surface area contributed by atoms with Gasteiger partial charge < -0.3 is 10.6 Å². The number of nitrogens with zero attached hydrogens (tertiary/aromatic N) is 3. The first kappa shape index (κ1) is 24.0. The molecule has 0 radical (unpaired) electrons. The zero-order chi connectivity index (χ0) is 24.1. The second-order valence-electron chi connectivity index (χ2n) is 9.28. The fourth-order valence-corrected chi connectivity index (χ4v) is 5.06. The topological polar surface area (TPSA) is 104 Å². The number of hydrogen-bond acceptors (Lipinski definition) is 5. The summed E-state index contributed by atoms with van der Waals surface area (Å²) in [6.45, 7) is 4.10. The van der Waals surface area contributed by atoms with Crippen LogP contribution in [0.3, 0.4) is 0 Å². The Morgan fingerprint density at radius 3 is 2.56 bits per heavy atom. The standard InChI is InChI=1S/C26H35N5O3/c1-2-3-15-30-24(27)23(25(33)28-26(30)34)31(21-11-7-8-12-21)22(32)18-29-16-13-20(14-17-29)19-9-5-4-6-10-19/h4-6,9-10,13,21H,2-3,7-8,11-12,14-18,27H2,1H3,(H,28,33,34). The Bertz CT molecular complexity index is 1150. The van der Waals surface area contributed by atoms with Gasteiger partial charge in [0, 0.05) is 25.7 Å². The third-order valence-corrected chi connectivity index (χ3v) is 6.95. The van der Waals surface area contributed by atoms with Crippen LogP contribution < -0.4 is 21.9 Å². The lowest BCUT2D eigenvalue weighted by molar-refractivity contribution is -0.120. The highest BCUT2D eigenvalue weighted by Crippen LogP contribution is 2.30. The molecule has 2 heterocycles. The van der Waals surface area contributed by atoms with E-state index >= 15 is 0 Å². The largest absolute Gasteiger partial charge is 0.383 e. The predicted octanol–water partition coefficient (Wildman–Crippen LogP) is 2.98. The van der Waals surface area contributed by atoms with Crippen LogP contribution in [-0.4, -0.2) is 46.0 Å². The highest BCUT2D eigenvalue weighted by molar-refractivity contribution is 5.97. The van der Waals surface area contributed by atoms with Crippen LogP contribution in [0.4, 0.5) is 11.5 Å². The van der Waals surface area contributed by atoms with Gasteiger partial charge in [0.25, 0.3) is 5.56 Å². The SMILES string of the molecule is CCCCn1c(N)c(N(C(=O)CN2CC=C(c3ccccc3)CC2)C2CCCC2)c(=O)[nH]c1=O. The number of aromatic amines is 1. The molecule has 1 aromatic heterocycles. The summed E-state index contributed by atoms with van der Waals surface area (Å²) in [6.07, 6.45) is 8.37. The summed E-state index contributed by atoms with van der Waals surface area (Å²) in [5.74, 6) is -0.0475. The quantitative estimate of drug-likeness (QED) is 0.624. The van der Waals surface area contributed by atoms with Gasteiger partial charge in [0.1, 0.15) is 5.82 Å². The van der Waals surface area contributed by atoms with Gasteiger partial charge in [-0.15, -0.1) is 0 Å². The Labute approximate surface area is 200 Å². The monoisotopic (exact) mass is 465 g/mol. The van der Waals surface area contributed by atoms with E-state index in [1.807, 2.05) is 25.1 Å². The minimum Gasteiger partial charge on any atom is -0.383 e. The molecule has 0 spiro atoms. The lowest BCUT2D eigenvalue weighted by Gasteiger charge is -2.33. The number of carbonyl (C=O) groups is 1. The van der Waals surface area contributed by atoms with Crippen molar-refractivity contribution in [1.29, 1.82) is 0 Å². The summed E-state index contributed by atoms with van der Waals surface area (Å²) < 4.78 is 1.39. The molecular formula is C26H35N5O3. The van der Waals surface area contributed by atoms with E-state index in [2.05, 4.69) is 28.1 Å². The maximum absolute atomic E-state index is 13.6. The molecule has 1 aliphatic carbocycles. The number of nitrogens with two attached hydrogens (primary N) is 1. The van der Waals surface area contributed by atoms with Gasteiger partial charge in [0.2, 0.25) is 5.91 Å². The molecule has 2 aromatic rings. The molecule has 1 aromatic carbocycles. The smallest absolute Gasteiger partial charge is 0.330 e. The van der Waals surface area contributed by atoms with Crippen LogP contribution in [0.5, 0.6) is 0 Å². The zero-order valence-corrected chi connectivity index (χ0v) is 20.0. The second-order valence-corrected chi connectivity index (χ2v) is 9.28. The second kappa shape index (κ2) is 10.9. The van der Waals surface area contributed by atoms with Crippen molar-refractivity contribution in [1.82, 2.24) is 14.5 Å². The highest BCUT2D eigenvalue weighted by atomic mass is 16.2. The Morgan fingerprint density at radius 1 is 1.18 bits per heavy atom. The minimum absolute atomic E-state index is 0.0757. The minimum atomic E-state index is -0.583. The number of amides is 1. The predicted molar refractivity (Wildman–Crippen MR) is 136 cm³/mol. The van der Waals surface area contributed by atoms with Crippen molar-refractivity contribution in [2.24, 2.45) is 0 Å². The average molecular weight is 466 g/mol. The van der Waals surface area contributed by atoms with Crippen LogP contribution in [0.1, 0.15) is 57.4 Å². The van der Waals surface area contributed by atoms with Crippen molar-refractivity contribution < 1.29 is 4.79 Å². The van der Waals surface area contributed by atoms with Crippen molar-refractivity contribution in [2.45, 2.75) is 64.5 Å². The summed E-state index contributed by atoms with van der Waals surface area (Å²) >= 11 is 0. The van der Waals surface area contributed by atoms with Crippen LogP contribution in [0, 0.1) is 0 Å². The molecule has 0 saturated heterocycles. The number of nitrogen functional groups attached to an aromatic ring is 1. The first-order chi connectivity index (χ1) is 16.5. The number of carbonyl (C=O) groups excluding carboxylic acids is 1. The summed E-state index contributed by atoms with van der Waals surface area (Å²) in [6, 6.07) is 10.2. The average Bonchev–Trinajstić information content (AvgIpc) is 3.37. The molecule has 2 aliphatic rings. The van der Waals surface area contributed by atoms with Crippen molar-refractivity contribution in [3.8, 4) is 0 Å². The van der Waals surface area contributed by atoms with Gasteiger partial charge in [-0.05, 0) is 36.8 Å². The molecule has 8 heteroatoms. The number of hydrogen-bond donors (Lipinski definition) is 2. The molecule has 4 rings (SSSR count). The number of anilines is 2. The number of H-pyrrole nitrogens is 1. The van der Waals surface area contributed by atoms with E-state index < -0.39 is 11.2 Å². The number of aromatic nitrogens is 2. The Morgan fingerprint density at radius 2 is 1.91 bits per heavy atom. The highest BCUT2D eigenvalue weighted by Gasteiger charge is 2.33. The zero-order valence-electron chi connectivity index (χ0n) is 20.0. The fourth-order valence-electron chi connectivity index (χ4n) is 5.06. The van der Waals surface area contributed by atoms with Gasteiger partial charge in [0.15, 0.2) is 5.69 Å². The van der Waals surface area contributed by atoms with E-state index in [-0.39, 0.29) is 30.0 Å². The van der Waals surface area contributed by atoms with E-state index in [0.717, 1.165) is 51.5 Å². The summed E-state index contributed by atoms with van der Waals surface area (Å²) in [5.41, 5.74) is 7.91. The van der Waals surface area contributed by atoms with Gasteiger partial charge >= 0.3 is 5.69 Å². The van der Waals surface area contributed by atoms with E-state index in [1.165, 1.54) is 15.7 Å². The van der Waals surface area contributed by atoms with Gasteiger partial charge in [0.05, 0.1) is 6.54 Å². The van der Waals surface area contributed by atoms with Crippen molar-refractivity contribution in [2.75, 3.05) is 30.3 Å². The van der Waals surface area contributed by atoms with Crippen LogP contribution in [0.15, 0.2) is 46.0 Å². The van der Waals surface area contributed by atoms with E-state index in [4.69, 9.17) is 5.73 Å². The molecule has 0 atom stereocenters. The number of unbranched alkanes of at least 4 members (excludes halogenated alkanes) is 1.